The number of nitrogens with zero attached hydrogens (tertiary/aromatic N) is 2. The minimum atomic E-state index is -1.02. The lowest BCUT2D eigenvalue weighted by Gasteiger charge is -2.38. The Balaban J connectivity index is 1.72. The van der Waals surface area contributed by atoms with Crippen LogP contribution in [0.5, 0.6) is 5.75 Å². The molecular weight excluding hydrogens is 424 g/mol. The van der Waals surface area contributed by atoms with Crippen molar-refractivity contribution < 1.29 is 28.2 Å². The van der Waals surface area contributed by atoms with Crippen LogP contribution in [0.25, 0.3) is 0 Å². The Morgan fingerprint density at radius 3 is 2.72 bits per heavy atom. The number of aromatic nitrogens is 1. The molecule has 1 aromatic heterocycles. The second-order valence-corrected chi connectivity index (χ2v) is 7.75. The zero-order chi connectivity index (χ0) is 23.2. The summed E-state index contributed by atoms with van der Waals surface area (Å²) >= 11 is 0. The van der Waals surface area contributed by atoms with Gasteiger partial charge in [0, 0.05) is 44.1 Å². The minimum Gasteiger partial charge on any atom is -0.503 e. The van der Waals surface area contributed by atoms with Crippen LogP contribution < -0.4 is 10.7 Å². The lowest BCUT2D eigenvalue weighted by molar-refractivity contribution is 0.0435. The van der Waals surface area contributed by atoms with E-state index < -0.39 is 52.3 Å². The third-order valence-electron chi connectivity index (χ3n) is 5.84. The molecule has 32 heavy (non-hydrogen) atoms. The molecule has 0 radical (unpaired) electrons. The average molecular weight is 445 g/mol. The highest BCUT2D eigenvalue weighted by molar-refractivity contribution is 5.99. The van der Waals surface area contributed by atoms with Crippen LogP contribution in [0.15, 0.2) is 41.3 Å². The van der Waals surface area contributed by atoms with Crippen molar-refractivity contribution in [3.8, 4) is 5.75 Å². The van der Waals surface area contributed by atoms with E-state index in [1.807, 2.05) is 6.92 Å². The first kappa shape index (κ1) is 21.7. The van der Waals surface area contributed by atoms with Gasteiger partial charge in [-0.25, -0.2) is 8.78 Å². The number of aromatic hydroxyl groups is 1. The zero-order valence-corrected chi connectivity index (χ0v) is 17.3. The number of amides is 2. The molecule has 0 saturated heterocycles. The largest absolute Gasteiger partial charge is 0.503 e. The summed E-state index contributed by atoms with van der Waals surface area (Å²) in [4.78, 5) is 39.9. The molecule has 8 nitrogen and oxygen atoms in total. The van der Waals surface area contributed by atoms with Gasteiger partial charge in [-0.3, -0.25) is 14.4 Å². The summed E-state index contributed by atoms with van der Waals surface area (Å²) in [6.07, 6.45) is 4.34. The number of hydrogen-bond acceptors (Lipinski definition) is 5. The van der Waals surface area contributed by atoms with Crippen LogP contribution in [0, 0.1) is 11.6 Å². The average Bonchev–Trinajstić information content (AvgIpc) is 2.90. The molecular formula is C22H21F2N3O5. The molecule has 3 atom stereocenters. The molecule has 0 saturated carbocycles. The summed E-state index contributed by atoms with van der Waals surface area (Å²) < 4.78 is 33.8. The van der Waals surface area contributed by atoms with Crippen molar-refractivity contribution in [1.82, 2.24) is 14.8 Å². The van der Waals surface area contributed by atoms with Gasteiger partial charge in [-0.05, 0) is 13.0 Å². The second kappa shape index (κ2) is 8.19. The number of methoxy groups -OCH3 is 1. The van der Waals surface area contributed by atoms with Crippen LogP contribution in [0.4, 0.5) is 8.78 Å². The van der Waals surface area contributed by atoms with Gasteiger partial charge in [0.05, 0.1) is 12.1 Å². The fourth-order valence-corrected chi connectivity index (χ4v) is 4.05. The van der Waals surface area contributed by atoms with Gasteiger partial charge in [-0.15, -0.1) is 0 Å². The molecule has 1 aromatic carbocycles. The molecule has 3 heterocycles. The molecule has 0 unspecified atom stereocenters. The number of hydrogen-bond donors (Lipinski definition) is 2. The Morgan fingerprint density at radius 1 is 1.28 bits per heavy atom. The molecule has 0 spiro atoms. The summed E-state index contributed by atoms with van der Waals surface area (Å²) in [5.41, 5.74) is -1.62. The van der Waals surface area contributed by atoms with Gasteiger partial charge >= 0.3 is 0 Å². The fraction of sp³-hybridized carbons (Fsp3) is 0.318. The van der Waals surface area contributed by atoms with Crippen LogP contribution in [-0.2, 0) is 11.3 Å². The van der Waals surface area contributed by atoms with Gasteiger partial charge in [-0.1, -0.05) is 18.2 Å². The first-order valence-electron chi connectivity index (χ1n) is 9.95. The van der Waals surface area contributed by atoms with E-state index in [2.05, 4.69) is 5.32 Å². The minimum absolute atomic E-state index is 0.0233. The number of fused-ring (bicyclic) bond motifs is 4. The smallest absolute Gasteiger partial charge is 0.275 e. The maximum atomic E-state index is 13.8. The van der Waals surface area contributed by atoms with E-state index in [4.69, 9.17) is 4.74 Å². The first-order chi connectivity index (χ1) is 15.2. The molecule has 2 aliphatic rings. The van der Waals surface area contributed by atoms with Gasteiger partial charge < -0.3 is 24.6 Å². The van der Waals surface area contributed by atoms with Crippen molar-refractivity contribution in [3.05, 3.63) is 75.2 Å². The van der Waals surface area contributed by atoms with Crippen molar-refractivity contribution in [1.29, 1.82) is 0 Å². The molecule has 2 amide bonds. The van der Waals surface area contributed by atoms with Crippen molar-refractivity contribution >= 4 is 11.8 Å². The van der Waals surface area contributed by atoms with Crippen LogP contribution in [-0.4, -0.2) is 52.2 Å². The van der Waals surface area contributed by atoms with Gasteiger partial charge in [0.25, 0.3) is 11.8 Å². The summed E-state index contributed by atoms with van der Waals surface area (Å²) in [7, 11) is 1.50. The van der Waals surface area contributed by atoms with Crippen molar-refractivity contribution in [2.75, 3.05) is 13.7 Å². The lowest BCUT2D eigenvalue weighted by atomic mass is 10.0. The number of nitrogens with one attached hydrogen (secondary N) is 1. The predicted molar refractivity (Wildman–Crippen MR) is 109 cm³/mol. The Labute approximate surface area is 181 Å². The molecule has 2 N–H and O–H groups in total. The maximum Gasteiger partial charge on any atom is 0.275 e. The number of carbonyl (C=O) groups excluding carboxylic acids is 2. The number of benzene rings is 1. The van der Waals surface area contributed by atoms with E-state index in [0.717, 1.165) is 6.07 Å². The number of halogens is 2. The molecule has 2 aromatic rings. The van der Waals surface area contributed by atoms with E-state index in [9.17, 15) is 28.3 Å². The summed E-state index contributed by atoms with van der Waals surface area (Å²) in [6.45, 7) is 1.76. The zero-order valence-electron chi connectivity index (χ0n) is 17.3. The highest BCUT2D eigenvalue weighted by Crippen LogP contribution is 2.33. The van der Waals surface area contributed by atoms with Crippen LogP contribution >= 0.6 is 0 Å². The Kier molecular flexibility index (Phi) is 5.55. The third kappa shape index (κ3) is 3.56. The van der Waals surface area contributed by atoms with Crippen LogP contribution in [0.2, 0.25) is 0 Å². The number of ether oxygens (including phenoxy) is 1. The Hall–Kier alpha value is -3.53. The number of pyridine rings is 1. The number of carbonyl (C=O) groups is 2. The third-order valence-corrected chi connectivity index (χ3v) is 5.84. The molecule has 2 bridgehead atoms. The molecule has 0 aliphatic carbocycles. The monoisotopic (exact) mass is 445 g/mol. The van der Waals surface area contributed by atoms with Gasteiger partial charge in [0.1, 0.15) is 17.2 Å². The molecule has 2 aliphatic heterocycles. The standard InChI is InChI=1S/C22H21F2N3O5/c1-11-3-6-17(32-2)16-10-26(11)22(31)18-20(29)19(28)14(9-27(16)18)21(30)25-8-12-4-5-13(23)7-15(12)24/h3-7,9,11,16-17,29H,8,10H2,1-2H3,(H,25,30)/t11-,16+,17+/m0/s1. The Bertz CT molecular complexity index is 1190. The van der Waals surface area contributed by atoms with E-state index in [1.54, 1.807) is 12.2 Å². The van der Waals surface area contributed by atoms with Crippen molar-refractivity contribution in [3.63, 3.8) is 0 Å². The van der Waals surface area contributed by atoms with Crippen LogP contribution in [0.1, 0.15) is 39.4 Å². The second-order valence-electron chi connectivity index (χ2n) is 7.75. The topological polar surface area (TPSA) is 101 Å². The van der Waals surface area contributed by atoms with Gasteiger partial charge in [-0.2, -0.15) is 0 Å². The quantitative estimate of drug-likeness (QED) is 0.699. The Morgan fingerprint density at radius 2 is 2.03 bits per heavy atom. The van der Waals surface area contributed by atoms with Crippen molar-refractivity contribution in [2.24, 2.45) is 0 Å². The summed E-state index contributed by atoms with van der Waals surface area (Å²) in [5.74, 6) is -3.85. The normalized spacial score (nSPS) is 21.8. The van der Waals surface area contributed by atoms with E-state index in [1.165, 1.54) is 28.8 Å². The molecule has 0 fully saturated rings. The van der Waals surface area contributed by atoms with Gasteiger partial charge in [0.2, 0.25) is 5.43 Å². The van der Waals surface area contributed by atoms with E-state index >= 15 is 0 Å². The van der Waals surface area contributed by atoms with Crippen molar-refractivity contribution in [2.45, 2.75) is 31.7 Å². The summed E-state index contributed by atoms with van der Waals surface area (Å²) in [6, 6.07) is 2.15. The fourth-order valence-electron chi connectivity index (χ4n) is 4.05. The lowest BCUT2D eigenvalue weighted by Crippen LogP contribution is -2.49. The summed E-state index contributed by atoms with van der Waals surface area (Å²) in [5, 5.41) is 13.0. The maximum absolute atomic E-state index is 13.8. The molecule has 10 heteroatoms. The first-order valence-corrected chi connectivity index (χ1v) is 9.95. The van der Waals surface area contributed by atoms with E-state index in [0.29, 0.717) is 6.07 Å². The number of rotatable bonds is 4. The highest BCUT2D eigenvalue weighted by Gasteiger charge is 2.41. The van der Waals surface area contributed by atoms with E-state index in [-0.39, 0.29) is 30.4 Å². The predicted octanol–water partition coefficient (Wildman–Crippen LogP) is 1.73. The van der Waals surface area contributed by atoms with Gasteiger partial charge in [0.15, 0.2) is 11.4 Å². The highest BCUT2D eigenvalue weighted by atomic mass is 19.1. The molecule has 4 rings (SSSR count). The molecule has 168 valence electrons. The van der Waals surface area contributed by atoms with Crippen LogP contribution in [0.3, 0.4) is 0 Å². The SMILES string of the molecule is CO[C@@H]1C=C[C@H](C)N2C[C@H]1n1cc(C(=O)NCc3ccc(F)cc3F)c(=O)c(O)c1C2=O.